The maximum absolute atomic E-state index is 13.9. The number of rotatable bonds is 7. The van der Waals surface area contributed by atoms with Gasteiger partial charge in [-0.25, -0.2) is 4.39 Å². The van der Waals surface area contributed by atoms with E-state index in [0.29, 0.717) is 13.2 Å². The number of nitrogens with zero attached hydrogens (tertiary/aromatic N) is 2. The maximum Gasteiger partial charge on any atom is 0.127 e. The molecule has 0 bridgehead atoms. The van der Waals surface area contributed by atoms with Crippen molar-refractivity contribution in [2.45, 2.75) is 39.0 Å². The fraction of sp³-hybridized carbons (Fsp3) is 0.667. The van der Waals surface area contributed by atoms with E-state index in [4.69, 9.17) is 4.74 Å². The van der Waals surface area contributed by atoms with Gasteiger partial charge in [0.15, 0.2) is 0 Å². The van der Waals surface area contributed by atoms with Gasteiger partial charge in [-0.3, -0.25) is 9.80 Å². The molecule has 1 saturated heterocycles. The molecular formula is C18H29FN2O2. The van der Waals surface area contributed by atoms with Crippen LogP contribution in [-0.4, -0.2) is 66.4 Å². The Morgan fingerprint density at radius 2 is 1.78 bits per heavy atom. The van der Waals surface area contributed by atoms with Crippen molar-refractivity contribution in [3.63, 3.8) is 0 Å². The highest BCUT2D eigenvalue weighted by molar-refractivity contribution is 5.20. The molecule has 1 aromatic rings. The van der Waals surface area contributed by atoms with E-state index in [0.717, 1.165) is 31.7 Å². The van der Waals surface area contributed by atoms with Crippen LogP contribution in [0.2, 0.25) is 0 Å². The maximum atomic E-state index is 13.9. The predicted octanol–water partition coefficient (Wildman–Crippen LogP) is 2.29. The van der Waals surface area contributed by atoms with Gasteiger partial charge in [-0.2, -0.15) is 0 Å². The molecular weight excluding hydrogens is 295 g/mol. The largest absolute Gasteiger partial charge is 0.389 e. The summed E-state index contributed by atoms with van der Waals surface area (Å²) in [6.07, 6.45) is -0.309. The highest BCUT2D eigenvalue weighted by Gasteiger charge is 2.24. The van der Waals surface area contributed by atoms with Crippen LogP contribution in [-0.2, 0) is 4.74 Å². The number of benzene rings is 1. The molecule has 1 aliphatic heterocycles. The Bertz CT molecular complexity index is 476. The van der Waals surface area contributed by atoms with E-state index < -0.39 is 6.10 Å². The molecule has 1 aliphatic rings. The quantitative estimate of drug-likeness (QED) is 0.835. The van der Waals surface area contributed by atoms with E-state index in [1.807, 2.05) is 26.0 Å². The Balaban J connectivity index is 1.78. The van der Waals surface area contributed by atoms with E-state index in [1.165, 1.54) is 6.07 Å². The third kappa shape index (κ3) is 5.53. The number of hydrogen-bond acceptors (Lipinski definition) is 4. The summed E-state index contributed by atoms with van der Waals surface area (Å²) in [7, 11) is 0. The zero-order chi connectivity index (χ0) is 16.8. The Labute approximate surface area is 138 Å². The molecule has 5 heteroatoms. The van der Waals surface area contributed by atoms with Gasteiger partial charge in [-0.15, -0.1) is 0 Å². The number of ether oxygens (including phenoxy) is 1. The zero-order valence-corrected chi connectivity index (χ0v) is 14.4. The average Bonchev–Trinajstić information content (AvgIpc) is 2.53. The van der Waals surface area contributed by atoms with E-state index in [2.05, 4.69) is 16.7 Å². The Kier molecular flexibility index (Phi) is 6.96. The minimum Gasteiger partial charge on any atom is -0.389 e. The van der Waals surface area contributed by atoms with Gasteiger partial charge in [0.25, 0.3) is 0 Å². The standard InChI is InChI=1S/C18H29FN2O2/c1-14(2)23-13-16(22)12-20-8-10-21(11-9-20)15(3)17-6-4-5-7-18(17)19/h4-7,14-16,22H,8-13H2,1-3H3/t15-,16-/m0/s1. The first-order chi connectivity index (χ1) is 11.0. The van der Waals surface area contributed by atoms with Crippen molar-refractivity contribution < 1.29 is 14.2 Å². The number of hydrogen-bond donors (Lipinski definition) is 1. The second-order valence-electron chi connectivity index (χ2n) is 6.57. The van der Waals surface area contributed by atoms with Gasteiger partial charge in [-0.05, 0) is 26.8 Å². The lowest BCUT2D eigenvalue weighted by molar-refractivity contribution is -0.0164. The number of aliphatic hydroxyl groups is 1. The highest BCUT2D eigenvalue weighted by Crippen LogP contribution is 2.23. The van der Waals surface area contributed by atoms with E-state index in [1.54, 1.807) is 6.07 Å². The number of β-amino-alcohol motifs (C(OH)–C–C–N with tert-alkyl or cyclic N) is 1. The van der Waals surface area contributed by atoms with Gasteiger partial charge in [-0.1, -0.05) is 18.2 Å². The molecule has 1 N–H and O–H groups in total. The SMILES string of the molecule is CC(C)OC[C@@H](O)CN1CCN([C@@H](C)c2ccccc2F)CC1. The van der Waals surface area contributed by atoms with Crippen LogP contribution >= 0.6 is 0 Å². The lowest BCUT2D eigenvalue weighted by Gasteiger charge is -2.38. The molecule has 130 valence electrons. The fourth-order valence-electron chi connectivity index (χ4n) is 3.00. The summed E-state index contributed by atoms with van der Waals surface area (Å²) in [5.41, 5.74) is 0.756. The van der Waals surface area contributed by atoms with Gasteiger partial charge in [0, 0.05) is 44.3 Å². The van der Waals surface area contributed by atoms with Crippen molar-refractivity contribution in [1.82, 2.24) is 9.80 Å². The molecule has 0 amide bonds. The van der Waals surface area contributed by atoms with Crippen LogP contribution in [0, 0.1) is 5.82 Å². The first kappa shape index (κ1) is 18.3. The molecule has 1 fully saturated rings. The zero-order valence-electron chi connectivity index (χ0n) is 14.4. The fourth-order valence-corrected chi connectivity index (χ4v) is 3.00. The summed E-state index contributed by atoms with van der Waals surface area (Å²) >= 11 is 0. The Morgan fingerprint density at radius 1 is 1.13 bits per heavy atom. The van der Waals surface area contributed by atoms with Crippen LogP contribution in [0.4, 0.5) is 4.39 Å². The first-order valence-electron chi connectivity index (χ1n) is 8.48. The van der Waals surface area contributed by atoms with Crippen LogP contribution < -0.4 is 0 Å². The molecule has 0 aliphatic carbocycles. The third-order valence-corrected chi connectivity index (χ3v) is 4.40. The second-order valence-corrected chi connectivity index (χ2v) is 6.57. The Morgan fingerprint density at radius 3 is 2.39 bits per heavy atom. The van der Waals surface area contributed by atoms with Crippen molar-refractivity contribution in [2.75, 3.05) is 39.3 Å². The number of aliphatic hydroxyl groups excluding tert-OH is 1. The monoisotopic (exact) mass is 324 g/mol. The van der Waals surface area contributed by atoms with E-state index >= 15 is 0 Å². The molecule has 1 aromatic carbocycles. The molecule has 23 heavy (non-hydrogen) atoms. The third-order valence-electron chi connectivity index (χ3n) is 4.40. The molecule has 2 rings (SSSR count). The molecule has 4 nitrogen and oxygen atoms in total. The van der Waals surface area contributed by atoms with Crippen LogP contribution in [0.5, 0.6) is 0 Å². The summed E-state index contributed by atoms with van der Waals surface area (Å²) < 4.78 is 19.4. The molecule has 0 saturated carbocycles. The average molecular weight is 324 g/mol. The first-order valence-corrected chi connectivity index (χ1v) is 8.48. The lowest BCUT2D eigenvalue weighted by Crippen LogP contribution is -2.49. The normalized spacial score (nSPS) is 19.9. The smallest absolute Gasteiger partial charge is 0.127 e. The Hall–Kier alpha value is -1.01. The van der Waals surface area contributed by atoms with Crippen molar-refractivity contribution >= 4 is 0 Å². The van der Waals surface area contributed by atoms with Gasteiger partial charge in [0.1, 0.15) is 5.82 Å². The van der Waals surface area contributed by atoms with Crippen LogP contribution in [0.3, 0.4) is 0 Å². The van der Waals surface area contributed by atoms with Gasteiger partial charge < -0.3 is 9.84 Å². The van der Waals surface area contributed by atoms with Crippen LogP contribution in [0.15, 0.2) is 24.3 Å². The minimum atomic E-state index is -0.451. The number of piperazine rings is 1. The molecule has 2 atom stereocenters. The van der Waals surface area contributed by atoms with Crippen molar-refractivity contribution in [3.05, 3.63) is 35.6 Å². The molecule has 0 aromatic heterocycles. The van der Waals surface area contributed by atoms with Crippen molar-refractivity contribution in [1.29, 1.82) is 0 Å². The summed E-state index contributed by atoms with van der Waals surface area (Å²) in [4.78, 5) is 4.55. The highest BCUT2D eigenvalue weighted by atomic mass is 19.1. The summed E-state index contributed by atoms with van der Waals surface area (Å²) in [5, 5.41) is 10.0. The lowest BCUT2D eigenvalue weighted by atomic mass is 10.1. The van der Waals surface area contributed by atoms with Crippen LogP contribution in [0.1, 0.15) is 32.4 Å². The van der Waals surface area contributed by atoms with Gasteiger partial charge >= 0.3 is 0 Å². The summed E-state index contributed by atoms with van der Waals surface area (Å²) in [6, 6.07) is 7.07. The molecule has 0 unspecified atom stereocenters. The van der Waals surface area contributed by atoms with E-state index in [-0.39, 0.29) is 18.0 Å². The van der Waals surface area contributed by atoms with Gasteiger partial charge in [0.2, 0.25) is 0 Å². The summed E-state index contributed by atoms with van der Waals surface area (Å²) in [5.74, 6) is -0.135. The number of halogens is 1. The van der Waals surface area contributed by atoms with Crippen molar-refractivity contribution in [3.8, 4) is 0 Å². The topological polar surface area (TPSA) is 35.9 Å². The van der Waals surface area contributed by atoms with Crippen molar-refractivity contribution in [2.24, 2.45) is 0 Å². The molecule has 0 radical (unpaired) electrons. The predicted molar refractivity (Wildman–Crippen MR) is 89.9 cm³/mol. The minimum absolute atomic E-state index is 0.0764. The molecule has 1 heterocycles. The second kappa shape index (κ2) is 8.73. The van der Waals surface area contributed by atoms with E-state index in [9.17, 15) is 9.50 Å². The van der Waals surface area contributed by atoms with Crippen LogP contribution in [0.25, 0.3) is 0 Å². The molecule has 0 spiro atoms. The summed E-state index contributed by atoms with van der Waals surface area (Å²) in [6.45, 7) is 10.5. The van der Waals surface area contributed by atoms with Gasteiger partial charge in [0.05, 0.1) is 18.8 Å².